The van der Waals surface area contributed by atoms with Crippen molar-refractivity contribution < 1.29 is 13.2 Å². The molecule has 1 N–H and O–H groups in total. The van der Waals surface area contributed by atoms with Crippen molar-refractivity contribution >= 4 is 58.2 Å². The molecule has 9 heteroatoms. The molecule has 0 amide bonds. The topological polar surface area (TPSA) is 20.7 Å². The first kappa shape index (κ1) is 15.0. The lowest BCUT2D eigenvalue weighted by atomic mass is 10.3. The van der Waals surface area contributed by atoms with Gasteiger partial charge >= 0.3 is 5.51 Å². The molecule has 2 rings (SSSR count). The van der Waals surface area contributed by atoms with Crippen LogP contribution in [-0.2, 0) is 6.54 Å². The summed E-state index contributed by atoms with van der Waals surface area (Å²) in [7, 11) is 0. The summed E-state index contributed by atoms with van der Waals surface area (Å²) in [5.74, 6) is -0.120. The molecule has 0 atom stereocenters. The highest BCUT2D eigenvalue weighted by Gasteiger charge is 2.27. The number of thioether (sulfide) groups is 1. The van der Waals surface area contributed by atoms with Crippen molar-refractivity contribution in [1.29, 1.82) is 0 Å². The highest BCUT2D eigenvalue weighted by molar-refractivity contribution is 8.00. The van der Waals surface area contributed by atoms with Gasteiger partial charge in [0.05, 0.1) is 21.1 Å². The van der Waals surface area contributed by atoms with Gasteiger partial charge in [-0.1, -0.05) is 23.2 Å². The van der Waals surface area contributed by atoms with Crippen LogP contribution in [0.25, 0.3) is 11.0 Å². The normalized spacial score (nSPS) is 12.3. The SMILES string of the molecule is FC(F)(F)SCCn1c(=S)[nH]c2cc(Cl)c(Cl)cc21. The number of fused-ring (bicyclic) bond motifs is 1. The molecule has 1 aromatic heterocycles. The zero-order valence-electron chi connectivity index (χ0n) is 9.22. The van der Waals surface area contributed by atoms with Gasteiger partial charge in [-0.3, -0.25) is 0 Å². The monoisotopic (exact) mass is 346 g/mol. The minimum absolute atomic E-state index is 0.0837. The minimum atomic E-state index is -4.24. The van der Waals surface area contributed by atoms with E-state index in [-0.39, 0.29) is 24.1 Å². The van der Waals surface area contributed by atoms with Gasteiger partial charge in [-0.2, -0.15) is 13.2 Å². The van der Waals surface area contributed by atoms with Gasteiger partial charge < -0.3 is 9.55 Å². The Morgan fingerprint density at radius 3 is 2.53 bits per heavy atom. The molecule has 0 unspecified atom stereocenters. The smallest absolute Gasteiger partial charge is 0.331 e. The largest absolute Gasteiger partial charge is 0.441 e. The maximum atomic E-state index is 12.1. The van der Waals surface area contributed by atoms with Crippen LogP contribution in [0, 0.1) is 4.77 Å². The van der Waals surface area contributed by atoms with Crippen molar-refractivity contribution in [3.8, 4) is 0 Å². The Kier molecular flexibility index (Phi) is 4.39. The second-order valence-corrected chi connectivity index (χ2v) is 6.02. The molecule has 0 bridgehead atoms. The predicted octanol–water partition coefficient (Wildman–Crippen LogP) is 5.26. The van der Waals surface area contributed by atoms with E-state index >= 15 is 0 Å². The molecule has 0 saturated heterocycles. The van der Waals surface area contributed by atoms with Crippen LogP contribution >= 0.6 is 47.2 Å². The van der Waals surface area contributed by atoms with Gasteiger partial charge in [0.15, 0.2) is 4.77 Å². The highest BCUT2D eigenvalue weighted by Crippen LogP contribution is 2.31. The molecule has 104 valence electrons. The second kappa shape index (κ2) is 5.55. The molecule has 2 aromatic rings. The first-order chi connectivity index (χ1) is 8.78. The van der Waals surface area contributed by atoms with Crippen LogP contribution in [-0.4, -0.2) is 20.8 Å². The standard InChI is InChI=1S/C10H7Cl2F3N2S2/c11-5-3-7-8(4-6(5)12)17(9(18)16-7)1-2-19-10(13,14)15/h3-4H,1-2H2,(H,16,18). The van der Waals surface area contributed by atoms with Crippen molar-refractivity contribution in [2.75, 3.05) is 5.75 Å². The van der Waals surface area contributed by atoms with Crippen molar-refractivity contribution in [2.24, 2.45) is 0 Å². The molecule has 0 radical (unpaired) electrons. The summed E-state index contributed by atoms with van der Waals surface area (Å²) >= 11 is 16.8. The quantitative estimate of drug-likeness (QED) is 0.765. The molecular weight excluding hydrogens is 340 g/mol. The lowest BCUT2D eigenvalue weighted by Gasteiger charge is -2.07. The van der Waals surface area contributed by atoms with Crippen molar-refractivity contribution in [3.05, 3.63) is 26.9 Å². The van der Waals surface area contributed by atoms with Gasteiger partial charge in [-0.15, -0.1) is 0 Å². The molecule has 1 heterocycles. The van der Waals surface area contributed by atoms with Gasteiger partial charge in [0.2, 0.25) is 0 Å². The van der Waals surface area contributed by atoms with Gasteiger partial charge in [-0.05, 0) is 36.1 Å². The lowest BCUT2D eigenvalue weighted by molar-refractivity contribution is -0.0328. The van der Waals surface area contributed by atoms with E-state index in [1.54, 1.807) is 16.7 Å². The number of hydrogen-bond acceptors (Lipinski definition) is 2. The van der Waals surface area contributed by atoms with Crippen LogP contribution in [0.15, 0.2) is 12.1 Å². The fourth-order valence-corrected chi connectivity index (χ4v) is 2.75. The maximum absolute atomic E-state index is 12.1. The van der Waals surface area contributed by atoms with Gasteiger partial charge in [-0.25, -0.2) is 0 Å². The number of halogens is 5. The van der Waals surface area contributed by atoms with Crippen LogP contribution in [0.3, 0.4) is 0 Å². The average molecular weight is 347 g/mol. The number of benzene rings is 1. The summed E-state index contributed by atoms with van der Waals surface area (Å²) in [6.07, 6.45) is 0. The number of nitrogens with zero attached hydrogens (tertiary/aromatic N) is 1. The summed E-state index contributed by atoms with van der Waals surface area (Å²) in [5.41, 5.74) is -2.95. The number of aromatic nitrogens is 2. The summed E-state index contributed by atoms with van der Waals surface area (Å²) < 4.78 is 38.2. The summed E-state index contributed by atoms with van der Waals surface area (Å²) in [5, 5.41) is 0.697. The van der Waals surface area contributed by atoms with Crippen molar-refractivity contribution in [2.45, 2.75) is 12.1 Å². The first-order valence-electron chi connectivity index (χ1n) is 5.06. The number of alkyl halides is 3. The molecule has 0 aliphatic heterocycles. The lowest BCUT2D eigenvalue weighted by Crippen LogP contribution is -2.07. The molecule has 0 saturated carbocycles. The summed E-state index contributed by atoms with van der Waals surface area (Å²) in [4.78, 5) is 2.89. The van der Waals surface area contributed by atoms with Crippen LogP contribution in [0.4, 0.5) is 13.2 Å². The number of aromatic amines is 1. The maximum Gasteiger partial charge on any atom is 0.441 e. The molecule has 0 spiro atoms. The van der Waals surface area contributed by atoms with E-state index in [9.17, 15) is 13.2 Å². The van der Waals surface area contributed by atoms with E-state index in [1.807, 2.05) is 0 Å². The molecule has 19 heavy (non-hydrogen) atoms. The van der Waals surface area contributed by atoms with E-state index in [2.05, 4.69) is 4.98 Å². The Bertz CT molecular complexity index is 663. The number of rotatable bonds is 3. The Morgan fingerprint density at radius 1 is 1.26 bits per heavy atom. The van der Waals surface area contributed by atoms with Gasteiger partial charge in [0, 0.05) is 12.3 Å². The zero-order valence-corrected chi connectivity index (χ0v) is 12.4. The van der Waals surface area contributed by atoms with Crippen molar-refractivity contribution in [1.82, 2.24) is 9.55 Å². The average Bonchev–Trinajstić information content (AvgIpc) is 2.55. The fraction of sp³-hybridized carbons (Fsp3) is 0.300. The molecule has 1 aromatic carbocycles. The van der Waals surface area contributed by atoms with E-state index in [0.717, 1.165) is 0 Å². The van der Waals surface area contributed by atoms with Crippen LogP contribution in [0.2, 0.25) is 10.0 Å². The Balaban J connectivity index is 2.30. The molecule has 0 fully saturated rings. The van der Waals surface area contributed by atoms with Crippen molar-refractivity contribution in [3.63, 3.8) is 0 Å². The van der Waals surface area contributed by atoms with Crippen LogP contribution in [0.1, 0.15) is 0 Å². The fourth-order valence-electron chi connectivity index (χ4n) is 1.63. The van der Waals surface area contributed by atoms with Crippen LogP contribution < -0.4 is 0 Å². The minimum Gasteiger partial charge on any atom is -0.331 e. The third-order valence-corrected chi connectivity index (χ3v) is 4.16. The number of nitrogens with one attached hydrogen (secondary N) is 1. The molecule has 0 aliphatic carbocycles. The Labute approximate surface area is 125 Å². The molecule has 0 aliphatic rings. The van der Waals surface area contributed by atoms with Gasteiger partial charge in [0.25, 0.3) is 0 Å². The van der Waals surface area contributed by atoms with Gasteiger partial charge in [0.1, 0.15) is 0 Å². The first-order valence-corrected chi connectivity index (χ1v) is 7.21. The second-order valence-electron chi connectivity index (χ2n) is 3.66. The third-order valence-electron chi connectivity index (χ3n) is 2.40. The number of H-pyrrole nitrogens is 1. The third kappa shape index (κ3) is 3.59. The molecular formula is C10H7Cl2F3N2S2. The number of hydrogen-bond donors (Lipinski definition) is 1. The van der Waals surface area contributed by atoms with E-state index in [1.165, 1.54) is 0 Å². The van der Waals surface area contributed by atoms with E-state index in [0.29, 0.717) is 25.8 Å². The summed E-state index contributed by atoms with van der Waals surface area (Å²) in [6.45, 7) is 0.140. The van der Waals surface area contributed by atoms with Crippen LogP contribution in [0.5, 0.6) is 0 Å². The number of imidazole rings is 1. The molecule has 2 nitrogen and oxygen atoms in total. The van der Waals surface area contributed by atoms with E-state index < -0.39 is 5.51 Å². The highest BCUT2D eigenvalue weighted by atomic mass is 35.5. The Morgan fingerprint density at radius 2 is 1.89 bits per heavy atom. The van der Waals surface area contributed by atoms with E-state index in [4.69, 9.17) is 35.4 Å². The summed E-state index contributed by atoms with van der Waals surface area (Å²) in [6, 6.07) is 3.19. The predicted molar refractivity (Wildman–Crippen MR) is 75.7 cm³/mol. The Hall–Kier alpha value is -0.370. The number of aryl methyl sites for hydroxylation is 1. The zero-order chi connectivity index (χ0) is 14.2.